The molecular weight excluding hydrogens is 250 g/mol. The second kappa shape index (κ2) is 5.74. The molecule has 104 valence electrons. The van der Waals surface area contributed by atoms with Crippen molar-refractivity contribution in [1.29, 1.82) is 0 Å². The van der Waals surface area contributed by atoms with Crippen molar-refractivity contribution in [2.45, 2.75) is 26.2 Å². The molecule has 0 spiro atoms. The van der Waals surface area contributed by atoms with Crippen molar-refractivity contribution < 1.29 is 4.79 Å². The Bertz CT molecular complexity index is 571. The fraction of sp³-hybridized carbons (Fsp3) is 0.250. The highest BCUT2D eigenvalue weighted by Gasteiger charge is 2.13. The molecule has 0 unspecified atom stereocenters. The molecule has 0 radical (unpaired) electrons. The number of carbonyl (C=O) groups excluding carboxylic acids is 1. The van der Waals surface area contributed by atoms with Crippen LogP contribution >= 0.6 is 0 Å². The van der Waals surface area contributed by atoms with E-state index >= 15 is 0 Å². The Balaban J connectivity index is 1.98. The molecule has 0 atom stereocenters. The number of pyridine rings is 1. The smallest absolute Gasteiger partial charge is 0.308 e. The minimum Gasteiger partial charge on any atom is -0.308 e. The highest BCUT2D eigenvalue weighted by molar-refractivity contribution is 5.99. The van der Waals surface area contributed by atoms with Crippen LogP contribution < -0.4 is 10.6 Å². The summed E-state index contributed by atoms with van der Waals surface area (Å²) in [5, 5.41) is 5.45. The summed E-state index contributed by atoms with van der Waals surface area (Å²) in [5.41, 5.74) is 2.09. The van der Waals surface area contributed by atoms with E-state index in [1.54, 1.807) is 18.3 Å². The van der Waals surface area contributed by atoms with Crippen LogP contribution in [0, 0.1) is 0 Å². The van der Waals surface area contributed by atoms with E-state index in [0.717, 1.165) is 5.69 Å². The lowest BCUT2D eigenvalue weighted by molar-refractivity contribution is 0.262. The SMILES string of the molecule is CC(C)(C)c1ccc(NC(=O)Nc2ccccn2)cc1. The van der Waals surface area contributed by atoms with E-state index in [0.29, 0.717) is 5.82 Å². The molecule has 1 heterocycles. The van der Waals surface area contributed by atoms with Crippen LogP contribution in [0.25, 0.3) is 0 Å². The Labute approximate surface area is 119 Å². The van der Waals surface area contributed by atoms with E-state index < -0.39 is 0 Å². The molecule has 2 N–H and O–H groups in total. The van der Waals surface area contributed by atoms with Gasteiger partial charge in [-0.2, -0.15) is 0 Å². The molecule has 4 nitrogen and oxygen atoms in total. The van der Waals surface area contributed by atoms with Gasteiger partial charge in [-0.3, -0.25) is 5.32 Å². The summed E-state index contributed by atoms with van der Waals surface area (Å²) >= 11 is 0. The van der Waals surface area contributed by atoms with E-state index in [2.05, 4.69) is 36.4 Å². The van der Waals surface area contributed by atoms with Gasteiger partial charge in [0.25, 0.3) is 0 Å². The fourth-order valence-corrected chi connectivity index (χ4v) is 1.77. The molecule has 0 aliphatic carbocycles. The van der Waals surface area contributed by atoms with Gasteiger partial charge in [-0.15, -0.1) is 0 Å². The van der Waals surface area contributed by atoms with Crippen molar-refractivity contribution >= 4 is 17.5 Å². The number of carbonyl (C=O) groups is 1. The fourth-order valence-electron chi connectivity index (χ4n) is 1.77. The average molecular weight is 269 g/mol. The van der Waals surface area contributed by atoms with Crippen LogP contribution in [0.1, 0.15) is 26.3 Å². The monoisotopic (exact) mass is 269 g/mol. The molecule has 0 saturated carbocycles. The predicted octanol–water partition coefficient (Wildman–Crippen LogP) is 4.02. The van der Waals surface area contributed by atoms with Crippen LogP contribution in [0.2, 0.25) is 0 Å². The van der Waals surface area contributed by atoms with Crippen LogP contribution in [0.3, 0.4) is 0 Å². The number of amides is 2. The first-order chi connectivity index (χ1) is 9.45. The lowest BCUT2D eigenvalue weighted by atomic mass is 9.87. The molecule has 0 saturated heterocycles. The van der Waals surface area contributed by atoms with Gasteiger partial charge in [-0.05, 0) is 35.2 Å². The average Bonchev–Trinajstić information content (AvgIpc) is 2.39. The number of urea groups is 1. The summed E-state index contributed by atoms with van der Waals surface area (Å²) in [6.45, 7) is 6.47. The Morgan fingerprint density at radius 2 is 1.70 bits per heavy atom. The number of aromatic nitrogens is 1. The molecule has 0 bridgehead atoms. The highest BCUT2D eigenvalue weighted by atomic mass is 16.2. The Hall–Kier alpha value is -2.36. The molecule has 20 heavy (non-hydrogen) atoms. The zero-order valence-electron chi connectivity index (χ0n) is 12.0. The van der Waals surface area contributed by atoms with Gasteiger partial charge >= 0.3 is 6.03 Å². The predicted molar refractivity (Wildman–Crippen MR) is 82.0 cm³/mol. The Kier molecular flexibility index (Phi) is 4.03. The van der Waals surface area contributed by atoms with E-state index in [4.69, 9.17) is 0 Å². The Morgan fingerprint density at radius 3 is 2.25 bits per heavy atom. The first kappa shape index (κ1) is 14.1. The van der Waals surface area contributed by atoms with Crippen molar-refractivity contribution in [3.63, 3.8) is 0 Å². The van der Waals surface area contributed by atoms with Crippen molar-refractivity contribution in [2.24, 2.45) is 0 Å². The molecule has 1 aromatic heterocycles. The second-order valence-corrected chi connectivity index (χ2v) is 5.62. The summed E-state index contributed by atoms with van der Waals surface area (Å²) in [6.07, 6.45) is 1.63. The molecule has 2 rings (SSSR count). The van der Waals surface area contributed by atoms with E-state index in [9.17, 15) is 4.79 Å². The maximum Gasteiger partial charge on any atom is 0.324 e. The molecule has 2 amide bonds. The van der Waals surface area contributed by atoms with Crippen molar-refractivity contribution in [3.05, 3.63) is 54.2 Å². The van der Waals surface area contributed by atoms with Crippen molar-refractivity contribution in [2.75, 3.05) is 10.6 Å². The quantitative estimate of drug-likeness (QED) is 0.865. The molecular formula is C16H19N3O. The summed E-state index contributed by atoms with van der Waals surface area (Å²) < 4.78 is 0. The number of nitrogens with zero attached hydrogens (tertiary/aromatic N) is 1. The minimum atomic E-state index is -0.299. The number of hydrogen-bond donors (Lipinski definition) is 2. The second-order valence-electron chi connectivity index (χ2n) is 5.62. The largest absolute Gasteiger partial charge is 0.324 e. The number of benzene rings is 1. The molecule has 0 fully saturated rings. The summed E-state index contributed by atoms with van der Waals surface area (Å²) in [6, 6.07) is 12.9. The topological polar surface area (TPSA) is 54.0 Å². The highest BCUT2D eigenvalue weighted by Crippen LogP contribution is 2.23. The van der Waals surface area contributed by atoms with Crippen molar-refractivity contribution in [1.82, 2.24) is 4.98 Å². The van der Waals surface area contributed by atoms with E-state index in [1.165, 1.54) is 5.56 Å². The van der Waals surface area contributed by atoms with Gasteiger partial charge in [0, 0.05) is 11.9 Å². The standard InChI is InChI=1S/C16H19N3O/c1-16(2,3)12-7-9-13(10-8-12)18-15(20)19-14-6-4-5-11-17-14/h4-11H,1-3H3,(H2,17,18,19,20). The Morgan fingerprint density at radius 1 is 1.00 bits per heavy atom. The number of nitrogens with one attached hydrogen (secondary N) is 2. The van der Waals surface area contributed by atoms with Gasteiger partial charge in [0.05, 0.1) is 0 Å². The van der Waals surface area contributed by atoms with Gasteiger partial charge in [0.15, 0.2) is 0 Å². The molecule has 2 aromatic rings. The van der Waals surface area contributed by atoms with Gasteiger partial charge in [-0.1, -0.05) is 39.0 Å². The van der Waals surface area contributed by atoms with Crippen LogP contribution in [0.5, 0.6) is 0 Å². The molecule has 4 heteroatoms. The zero-order valence-corrected chi connectivity index (χ0v) is 12.0. The van der Waals surface area contributed by atoms with Gasteiger partial charge in [0.1, 0.15) is 5.82 Å². The first-order valence-corrected chi connectivity index (χ1v) is 6.55. The lowest BCUT2D eigenvalue weighted by Crippen LogP contribution is -2.20. The van der Waals surface area contributed by atoms with Crippen LogP contribution in [0.4, 0.5) is 16.3 Å². The van der Waals surface area contributed by atoms with Gasteiger partial charge < -0.3 is 5.32 Å². The molecule has 0 aliphatic heterocycles. The van der Waals surface area contributed by atoms with Gasteiger partial charge in [0.2, 0.25) is 0 Å². The summed E-state index contributed by atoms with van der Waals surface area (Å²) in [4.78, 5) is 15.8. The molecule has 1 aromatic carbocycles. The maximum atomic E-state index is 11.8. The van der Waals surface area contributed by atoms with Crippen molar-refractivity contribution in [3.8, 4) is 0 Å². The summed E-state index contributed by atoms with van der Waals surface area (Å²) in [7, 11) is 0. The maximum absolute atomic E-state index is 11.8. The van der Waals surface area contributed by atoms with Crippen LogP contribution in [-0.4, -0.2) is 11.0 Å². The number of rotatable bonds is 2. The number of anilines is 2. The van der Waals surface area contributed by atoms with Crippen LogP contribution in [-0.2, 0) is 5.41 Å². The van der Waals surface area contributed by atoms with E-state index in [-0.39, 0.29) is 11.4 Å². The summed E-state index contributed by atoms with van der Waals surface area (Å²) in [5.74, 6) is 0.524. The third-order valence-corrected chi connectivity index (χ3v) is 2.92. The van der Waals surface area contributed by atoms with E-state index in [1.807, 2.05) is 30.3 Å². The lowest BCUT2D eigenvalue weighted by Gasteiger charge is -2.19. The molecule has 0 aliphatic rings. The van der Waals surface area contributed by atoms with Crippen LogP contribution in [0.15, 0.2) is 48.7 Å². The minimum absolute atomic E-state index is 0.106. The van der Waals surface area contributed by atoms with Gasteiger partial charge in [-0.25, -0.2) is 9.78 Å². The number of hydrogen-bond acceptors (Lipinski definition) is 2. The third-order valence-electron chi connectivity index (χ3n) is 2.92. The third kappa shape index (κ3) is 3.82. The first-order valence-electron chi connectivity index (χ1n) is 6.55. The zero-order chi connectivity index (χ0) is 14.6. The normalized spacial score (nSPS) is 10.9.